The first-order chi connectivity index (χ1) is 12.1. The summed E-state index contributed by atoms with van der Waals surface area (Å²) in [5, 5.41) is 9.03. The van der Waals surface area contributed by atoms with Crippen LogP contribution in [-0.4, -0.2) is 29.1 Å². The molecule has 0 amide bonds. The van der Waals surface area contributed by atoms with Gasteiger partial charge in [-0.1, -0.05) is 24.3 Å². The van der Waals surface area contributed by atoms with E-state index in [0.717, 1.165) is 36.0 Å². The van der Waals surface area contributed by atoms with Crippen molar-refractivity contribution < 1.29 is 19.4 Å². The number of esters is 1. The molecule has 0 spiro atoms. The molecule has 0 saturated heterocycles. The van der Waals surface area contributed by atoms with E-state index in [2.05, 4.69) is 15.8 Å². The first-order valence-corrected chi connectivity index (χ1v) is 8.13. The number of hydrogen-bond donors (Lipinski definition) is 1. The number of benzene rings is 1. The molecule has 5 nitrogen and oxygen atoms in total. The molecule has 1 aromatic heterocycles. The van der Waals surface area contributed by atoms with Crippen molar-refractivity contribution in [3.8, 4) is 0 Å². The summed E-state index contributed by atoms with van der Waals surface area (Å²) < 4.78 is 4.64. The second-order valence-corrected chi connectivity index (χ2v) is 5.56. The molecule has 0 bridgehead atoms. The molecule has 0 unspecified atom stereocenters. The number of methoxy groups -OCH3 is 1. The maximum atomic E-state index is 11.1. The standard InChI is InChI=1S/C20H21NO4/c1-25-19(22)8-4-2-3-7-18(17-6-5-13-21-14-17)15-9-11-16(12-10-15)20(23)24/h5-7,9-14H,2-4,8H2,1H3,(H,23,24)/b18-7+. The summed E-state index contributed by atoms with van der Waals surface area (Å²) >= 11 is 0. The fourth-order valence-corrected chi connectivity index (χ4v) is 2.48. The summed E-state index contributed by atoms with van der Waals surface area (Å²) in [4.78, 5) is 26.3. The third-order valence-corrected chi connectivity index (χ3v) is 3.83. The van der Waals surface area contributed by atoms with Gasteiger partial charge in [-0.25, -0.2) is 4.79 Å². The zero-order chi connectivity index (χ0) is 18.1. The number of carboxylic acids is 1. The maximum absolute atomic E-state index is 11.1. The van der Waals surface area contributed by atoms with E-state index in [4.69, 9.17) is 5.11 Å². The highest BCUT2D eigenvalue weighted by atomic mass is 16.5. The Balaban J connectivity index is 2.15. The Kier molecular flexibility index (Phi) is 6.89. The number of carboxylic acid groups (broad SMARTS) is 1. The van der Waals surface area contributed by atoms with Crippen LogP contribution in [0, 0.1) is 0 Å². The maximum Gasteiger partial charge on any atom is 0.335 e. The normalized spacial score (nSPS) is 11.2. The van der Waals surface area contributed by atoms with Gasteiger partial charge in [-0.3, -0.25) is 9.78 Å². The molecule has 0 aliphatic heterocycles. The van der Waals surface area contributed by atoms with Gasteiger partial charge in [0.2, 0.25) is 0 Å². The topological polar surface area (TPSA) is 76.5 Å². The summed E-state index contributed by atoms with van der Waals surface area (Å²) in [5.41, 5.74) is 3.17. The minimum atomic E-state index is -0.943. The monoisotopic (exact) mass is 339 g/mol. The summed E-state index contributed by atoms with van der Waals surface area (Å²) in [5.74, 6) is -1.14. The lowest BCUT2D eigenvalue weighted by Gasteiger charge is -2.09. The van der Waals surface area contributed by atoms with E-state index in [0.29, 0.717) is 6.42 Å². The zero-order valence-corrected chi connectivity index (χ0v) is 14.1. The molecule has 0 aliphatic rings. The van der Waals surface area contributed by atoms with Gasteiger partial charge in [0.25, 0.3) is 0 Å². The second-order valence-electron chi connectivity index (χ2n) is 5.56. The highest BCUT2D eigenvalue weighted by Crippen LogP contribution is 2.24. The van der Waals surface area contributed by atoms with E-state index in [1.165, 1.54) is 7.11 Å². The third kappa shape index (κ3) is 5.57. The predicted molar refractivity (Wildman–Crippen MR) is 95.2 cm³/mol. The number of aromatic carboxylic acids is 1. The lowest BCUT2D eigenvalue weighted by Crippen LogP contribution is -1.99. The highest BCUT2D eigenvalue weighted by molar-refractivity contribution is 5.88. The number of carbonyl (C=O) groups excluding carboxylic acids is 1. The average molecular weight is 339 g/mol. The lowest BCUT2D eigenvalue weighted by atomic mass is 9.96. The van der Waals surface area contributed by atoms with Gasteiger partial charge in [-0.15, -0.1) is 0 Å². The van der Waals surface area contributed by atoms with Gasteiger partial charge in [0.15, 0.2) is 0 Å². The number of pyridine rings is 1. The number of aromatic nitrogens is 1. The van der Waals surface area contributed by atoms with Crippen molar-refractivity contribution in [2.75, 3.05) is 7.11 Å². The Labute approximate surface area is 147 Å². The van der Waals surface area contributed by atoms with Crippen LogP contribution in [0.15, 0.2) is 54.9 Å². The van der Waals surface area contributed by atoms with Crippen LogP contribution in [0.25, 0.3) is 5.57 Å². The van der Waals surface area contributed by atoms with Gasteiger partial charge < -0.3 is 9.84 Å². The molecular weight excluding hydrogens is 318 g/mol. The lowest BCUT2D eigenvalue weighted by molar-refractivity contribution is -0.140. The van der Waals surface area contributed by atoms with Crippen molar-refractivity contribution in [2.24, 2.45) is 0 Å². The van der Waals surface area contributed by atoms with Crippen molar-refractivity contribution in [1.82, 2.24) is 4.98 Å². The molecule has 25 heavy (non-hydrogen) atoms. The fourth-order valence-electron chi connectivity index (χ4n) is 2.48. The van der Waals surface area contributed by atoms with Crippen LogP contribution in [0.1, 0.15) is 47.2 Å². The zero-order valence-electron chi connectivity index (χ0n) is 14.1. The Hall–Kier alpha value is -2.95. The van der Waals surface area contributed by atoms with Gasteiger partial charge in [0, 0.05) is 24.4 Å². The molecule has 0 atom stereocenters. The van der Waals surface area contributed by atoms with E-state index in [1.807, 2.05) is 12.1 Å². The van der Waals surface area contributed by atoms with Gasteiger partial charge in [0.05, 0.1) is 12.7 Å². The van der Waals surface area contributed by atoms with Gasteiger partial charge in [-0.2, -0.15) is 0 Å². The number of allylic oxidation sites excluding steroid dienone is 1. The van der Waals surface area contributed by atoms with Crippen molar-refractivity contribution in [2.45, 2.75) is 25.7 Å². The van der Waals surface area contributed by atoms with Crippen molar-refractivity contribution in [1.29, 1.82) is 0 Å². The van der Waals surface area contributed by atoms with Crippen LogP contribution in [0.4, 0.5) is 0 Å². The highest BCUT2D eigenvalue weighted by Gasteiger charge is 2.08. The Bertz CT molecular complexity index is 736. The molecule has 0 fully saturated rings. The molecule has 0 saturated carbocycles. The summed E-state index contributed by atoms with van der Waals surface area (Å²) in [7, 11) is 1.39. The molecule has 1 N–H and O–H groups in total. The molecule has 2 rings (SSSR count). The Morgan fingerprint density at radius 3 is 2.40 bits per heavy atom. The van der Waals surface area contributed by atoms with Crippen LogP contribution in [-0.2, 0) is 9.53 Å². The van der Waals surface area contributed by atoms with Crippen LogP contribution >= 0.6 is 0 Å². The molecule has 5 heteroatoms. The van der Waals surface area contributed by atoms with Crippen molar-refractivity contribution in [3.05, 3.63) is 71.6 Å². The number of carbonyl (C=O) groups is 2. The van der Waals surface area contributed by atoms with Crippen LogP contribution < -0.4 is 0 Å². The van der Waals surface area contributed by atoms with E-state index < -0.39 is 5.97 Å². The Morgan fingerprint density at radius 1 is 1.08 bits per heavy atom. The second kappa shape index (κ2) is 9.37. The fraction of sp³-hybridized carbons (Fsp3) is 0.250. The quantitative estimate of drug-likeness (QED) is 0.582. The number of ether oxygens (including phenoxy) is 1. The minimum absolute atomic E-state index is 0.194. The third-order valence-electron chi connectivity index (χ3n) is 3.83. The first-order valence-electron chi connectivity index (χ1n) is 8.13. The smallest absolute Gasteiger partial charge is 0.335 e. The van der Waals surface area contributed by atoms with E-state index >= 15 is 0 Å². The number of hydrogen-bond acceptors (Lipinski definition) is 4. The number of rotatable bonds is 8. The van der Waals surface area contributed by atoms with Crippen molar-refractivity contribution >= 4 is 17.5 Å². The van der Waals surface area contributed by atoms with Gasteiger partial charge >= 0.3 is 11.9 Å². The molecule has 1 heterocycles. The van der Waals surface area contributed by atoms with Crippen LogP contribution in [0.3, 0.4) is 0 Å². The summed E-state index contributed by atoms with van der Waals surface area (Å²) in [6, 6.07) is 10.6. The molecule has 0 aliphatic carbocycles. The largest absolute Gasteiger partial charge is 0.478 e. The van der Waals surface area contributed by atoms with Crippen LogP contribution in [0.5, 0.6) is 0 Å². The molecule has 1 aromatic carbocycles. The Morgan fingerprint density at radius 2 is 1.80 bits per heavy atom. The number of nitrogens with zero attached hydrogens (tertiary/aromatic N) is 1. The first kappa shape index (κ1) is 18.4. The SMILES string of the molecule is COC(=O)CCCC/C=C(\c1ccc(C(=O)O)cc1)c1cccnc1. The molecule has 2 aromatic rings. The van der Waals surface area contributed by atoms with Crippen molar-refractivity contribution in [3.63, 3.8) is 0 Å². The van der Waals surface area contributed by atoms with E-state index in [1.54, 1.807) is 36.7 Å². The van der Waals surface area contributed by atoms with Crippen LogP contribution in [0.2, 0.25) is 0 Å². The minimum Gasteiger partial charge on any atom is -0.478 e. The molecule has 130 valence electrons. The summed E-state index contributed by atoms with van der Waals surface area (Å²) in [6.07, 6.45) is 8.45. The van der Waals surface area contributed by atoms with Gasteiger partial charge in [0.1, 0.15) is 0 Å². The number of unbranched alkanes of at least 4 members (excludes halogenated alkanes) is 2. The van der Waals surface area contributed by atoms with Gasteiger partial charge in [-0.05, 0) is 48.6 Å². The summed E-state index contributed by atoms with van der Waals surface area (Å²) in [6.45, 7) is 0. The van der Waals surface area contributed by atoms with E-state index in [-0.39, 0.29) is 11.5 Å². The predicted octanol–water partition coefficient (Wildman–Crippen LogP) is 3.94. The average Bonchev–Trinajstić information content (AvgIpc) is 2.65. The van der Waals surface area contributed by atoms with E-state index in [9.17, 15) is 9.59 Å². The molecule has 0 radical (unpaired) electrons. The molecular formula is C20H21NO4.